The minimum Gasteiger partial charge on any atom is -0.339 e. The van der Waals surface area contributed by atoms with Crippen molar-refractivity contribution < 1.29 is 17.6 Å². The van der Waals surface area contributed by atoms with Gasteiger partial charge < -0.3 is 5.32 Å². The van der Waals surface area contributed by atoms with Crippen LogP contribution in [0.15, 0.2) is 24.3 Å². The molecule has 9 heteroatoms. The summed E-state index contributed by atoms with van der Waals surface area (Å²) in [6, 6.07) is 5.55. The molecule has 4 nitrogen and oxygen atoms in total. The lowest BCUT2D eigenvalue weighted by molar-refractivity contribution is -0.141. The van der Waals surface area contributed by atoms with Crippen molar-refractivity contribution in [3.63, 3.8) is 0 Å². The summed E-state index contributed by atoms with van der Waals surface area (Å²) in [6.07, 6.45) is -4.69. The molecule has 0 aliphatic heterocycles. The van der Waals surface area contributed by atoms with Crippen molar-refractivity contribution >= 4 is 23.1 Å². The fourth-order valence-corrected chi connectivity index (χ4v) is 1.67. The average molecular weight is 317 g/mol. The number of nitriles is 1. The van der Waals surface area contributed by atoms with Crippen LogP contribution < -0.4 is 5.32 Å². The molecule has 21 heavy (non-hydrogen) atoms. The Bertz CT molecular complexity index is 724. The van der Waals surface area contributed by atoms with Gasteiger partial charge in [0.25, 0.3) is 0 Å². The Balaban J connectivity index is 2.41. The van der Waals surface area contributed by atoms with Crippen LogP contribution >= 0.6 is 11.6 Å². The normalized spacial score (nSPS) is 11.0. The van der Waals surface area contributed by atoms with Crippen LogP contribution in [0.4, 0.5) is 29.1 Å². The molecule has 1 aromatic carbocycles. The third-order valence-electron chi connectivity index (χ3n) is 2.35. The monoisotopic (exact) mass is 316 g/mol. The number of rotatable bonds is 2. The van der Waals surface area contributed by atoms with Gasteiger partial charge in [0.2, 0.25) is 5.28 Å². The van der Waals surface area contributed by atoms with Crippen LogP contribution in [0.25, 0.3) is 0 Å². The molecule has 108 valence electrons. The summed E-state index contributed by atoms with van der Waals surface area (Å²) in [5.41, 5.74) is -1.22. The molecule has 0 bridgehead atoms. The molecule has 1 aromatic heterocycles. The first kappa shape index (κ1) is 15.0. The highest BCUT2D eigenvalue weighted by molar-refractivity contribution is 6.28. The maximum atomic E-state index is 13.0. The molecule has 0 unspecified atom stereocenters. The van der Waals surface area contributed by atoms with Gasteiger partial charge in [-0.2, -0.15) is 18.4 Å². The summed E-state index contributed by atoms with van der Waals surface area (Å²) in [5.74, 6) is -0.903. The summed E-state index contributed by atoms with van der Waals surface area (Å²) in [4.78, 5) is 6.65. The van der Waals surface area contributed by atoms with Gasteiger partial charge in [-0.3, -0.25) is 0 Å². The second-order valence-electron chi connectivity index (χ2n) is 3.83. The lowest BCUT2D eigenvalue weighted by Crippen LogP contribution is -2.10. The number of nitrogens with one attached hydrogen (secondary N) is 1. The second kappa shape index (κ2) is 5.54. The van der Waals surface area contributed by atoms with Gasteiger partial charge in [-0.05, 0) is 29.8 Å². The first-order valence-electron chi connectivity index (χ1n) is 5.38. The first-order valence-corrected chi connectivity index (χ1v) is 5.76. The van der Waals surface area contributed by atoms with Crippen LogP contribution in [0.5, 0.6) is 0 Å². The molecule has 0 amide bonds. The number of hydrogen-bond acceptors (Lipinski definition) is 4. The molecular formula is C12H5ClF4N4. The van der Waals surface area contributed by atoms with Crippen molar-refractivity contribution in [2.24, 2.45) is 0 Å². The van der Waals surface area contributed by atoms with Crippen molar-refractivity contribution in [1.82, 2.24) is 9.97 Å². The summed E-state index contributed by atoms with van der Waals surface area (Å²) in [5, 5.41) is 10.7. The Morgan fingerprint density at radius 3 is 2.52 bits per heavy atom. The fraction of sp³-hybridized carbons (Fsp3) is 0.0833. The highest BCUT2D eigenvalue weighted by atomic mass is 35.5. The SMILES string of the molecule is N#Cc1cc(F)ccc1Nc1cc(C(F)(F)F)nc(Cl)n1. The van der Waals surface area contributed by atoms with Gasteiger partial charge in [0.15, 0.2) is 5.69 Å². The Morgan fingerprint density at radius 1 is 1.19 bits per heavy atom. The van der Waals surface area contributed by atoms with Crippen molar-refractivity contribution in [1.29, 1.82) is 5.26 Å². The van der Waals surface area contributed by atoms with E-state index in [0.29, 0.717) is 6.07 Å². The molecule has 1 N–H and O–H groups in total. The van der Waals surface area contributed by atoms with Crippen LogP contribution in [0.3, 0.4) is 0 Å². The molecule has 0 atom stereocenters. The van der Waals surface area contributed by atoms with Gasteiger partial charge in [-0.25, -0.2) is 14.4 Å². The number of aromatic nitrogens is 2. The van der Waals surface area contributed by atoms with Crippen molar-refractivity contribution in [3.05, 3.63) is 46.6 Å². The van der Waals surface area contributed by atoms with E-state index in [9.17, 15) is 17.6 Å². The number of benzene rings is 1. The molecule has 0 aliphatic carbocycles. The van der Waals surface area contributed by atoms with Crippen LogP contribution in [0.1, 0.15) is 11.3 Å². The Hall–Kier alpha value is -2.40. The predicted molar refractivity (Wildman–Crippen MR) is 66.4 cm³/mol. The quantitative estimate of drug-likeness (QED) is 0.674. The van der Waals surface area contributed by atoms with Gasteiger partial charge in [0.1, 0.15) is 17.7 Å². The van der Waals surface area contributed by atoms with Gasteiger partial charge in [-0.15, -0.1) is 0 Å². The maximum absolute atomic E-state index is 13.0. The molecule has 0 saturated heterocycles. The number of halogens is 5. The van der Waals surface area contributed by atoms with Gasteiger partial charge in [0, 0.05) is 6.07 Å². The number of nitrogens with zero attached hydrogens (tertiary/aromatic N) is 3. The van der Waals surface area contributed by atoms with E-state index in [2.05, 4.69) is 15.3 Å². The van der Waals surface area contributed by atoms with E-state index >= 15 is 0 Å². The third kappa shape index (κ3) is 3.58. The van der Waals surface area contributed by atoms with E-state index < -0.39 is 23.0 Å². The Morgan fingerprint density at radius 2 is 1.90 bits per heavy atom. The van der Waals surface area contributed by atoms with E-state index in [-0.39, 0.29) is 17.1 Å². The highest BCUT2D eigenvalue weighted by Crippen LogP contribution is 2.30. The zero-order valence-corrected chi connectivity index (χ0v) is 10.8. The largest absolute Gasteiger partial charge is 0.433 e. The summed E-state index contributed by atoms with van der Waals surface area (Å²) in [6.45, 7) is 0. The van der Waals surface area contributed by atoms with E-state index in [1.807, 2.05) is 0 Å². The summed E-state index contributed by atoms with van der Waals surface area (Å²) >= 11 is 5.43. The van der Waals surface area contributed by atoms with Gasteiger partial charge in [-0.1, -0.05) is 0 Å². The minimum atomic E-state index is -4.69. The number of alkyl halides is 3. The maximum Gasteiger partial charge on any atom is 0.433 e. The highest BCUT2D eigenvalue weighted by Gasteiger charge is 2.33. The smallest absolute Gasteiger partial charge is 0.339 e. The molecule has 0 saturated carbocycles. The number of anilines is 2. The zero-order chi connectivity index (χ0) is 15.6. The summed E-state index contributed by atoms with van der Waals surface area (Å²) < 4.78 is 50.8. The lowest BCUT2D eigenvalue weighted by atomic mass is 10.2. The molecule has 0 aliphatic rings. The number of hydrogen-bond donors (Lipinski definition) is 1. The van der Waals surface area contributed by atoms with E-state index in [1.165, 1.54) is 6.07 Å². The molecule has 0 radical (unpaired) electrons. The predicted octanol–water partition coefficient (Wildman–Crippen LogP) is 3.90. The minimum absolute atomic E-state index is 0.0849. The molecule has 2 aromatic rings. The van der Waals surface area contributed by atoms with Gasteiger partial charge >= 0.3 is 6.18 Å². The lowest BCUT2D eigenvalue weighted by Gasteiger charge is -2.10. The first-order chi connectivity index (χ1) is 9.79. The fourth-order valence-electron chi connectivity index (χ4n) is 1.48. The van der Waals surface area contributed by atoms with E-state index in [1.54, 1.807) is 6.07 Å². The van der Waals surface area contributed by atoms with Crippen molar-refractivity contribution in [2.75, 3.05) is 5.32 Å². The van der Waals surface area contributed by atoms with Crippen molar-refractivity contribution in [2.45, 2.75) is 6.18 Å². The third-order valence-corrected chi connectivity index (χ3v) is 2.52. The standard InChI is InChI=1S/C12H5ClF4N4/c13-11-20-9(12(15,16)17)4-10(21-11)19-8-2-1-7(14)3-6(8)5-18/h1-4H,(H,19,20,21). The topological polar surface area (TPSA) is 61.6 Å². The van der Waals surface area contributed by atoms with Crippen molar-refractivity contribution in [3.8, 4) is 6.07 Å². The Kier molecular flexibility index (Phi) is 3.95. The van der Waals surface area contributed by atoms with Crippen LogP contribution in [0.2, 0.25) is 5.28 Å². The molecular weight excluding hydrogens is 312 g/mol. The molecule has 0 fully saturated rings. The van der Waals surface area contributed by atoms with E-state index in [0.717, 1.165) is 12.1 Å². The zero-order valence-electron chi connectivity index (χ0n) is 10.0. The van der Waals surface area contributed by atoms with E-state index in [4.69, 9.17) is 16.9 Å². The second-order valence-corrected chi connectivity index (χ2v) is 4.17. The Labute approximate surface area is 121 Å². The van der Waals surface area contributed by atoms with Crippen LogP contribution in [0, 0.1) is 17.1 Å². The molecule has 1 heterocycles. The molecule has 0 spiro atoms. The van der Waals surface area contributed by atoms with Gasteiger partial charge in [0.05, 0.1) is 11.3 Å². The molecule has 2 rings (SSSR count). The van der Waals surface area contributed by atoms with Crippen LogP contribution in [-0.2, 0) is 6.18 Å². The summed E-state index contributed by atoms with van der Waals surface area (Å²) in [7, 11) is 0. The van der Waals surface area contributed by atoms with Crippen LogP contribution in [-0.4, -0.2) is 9.97 Å². The average Bonchev–Trinajstić information content (AvgIpc) is 2.39.